The van der Waals surface area contributed by atoms with Crippen LogP contribution in [0.4, 0.5) is 0 Å². The molecular formula is C26H37N3O. The Bertz CT molecular complexity index is 840. The van der Waals surface area contributed by atoms with E-state index in [1.54, 1.807) is 7.11 Å². The fourth-order valence-corrected chi connectivity index (χ4v) is 3.95. The molecule has 3 heterocycles. The summed E-state index contributed by atoms with van der Waals surface area (Å²) in [6.45, 7) is 2.28. The molecule has 0 saturated heterocycles. The second-order valence-corrected chi connectivity index (χ2v) is 8.19. The van der Waals surface area contributed by atoms with E-state index in [0.29, 0.717) is 0 Å². The van der Waals surface area contributed by atoms with Gasteiger partial charge in [0, 0.05) is 18.0 Å². The Labute approximate surface area is 181 Å². The number of rotatable bonds is 14. The molecule has 3 rings (SSSR count). The minimum Gasteiger partial charge on any atom is -0.494 e. The number of methoxy groups -OCH3 is 1. The van der Waals surface area contributed by atoms with Crippen molar-refractivity contribution in [3.05, 3.63) is 47.9 Å². The van der Waals surface area contributed by atoms with Gasteiger partial charge in [-0.05, 0) is 43.2 Å². The molecule has 0 bridgehead atoms. The molecule has 0 radical (unpaired) electrons. The van der Waals surface area contributed by atoms with Gasteiger partial charge in [0.1, 0.15) is 5.75 Å². The predicted octanol–water partition coefficient (Wildman–Crippen LogP) is 7.68. The molecule has 0 spiro atoms. The van der Waals surface area contributed by atoms with Crippen LogP contribution in [0.2, 0.25) is 0 Å². The number of hydrogen-bond acceptors (Lipinski definition) is 2. The molecule has 4 heteroatoms. The average molecular weight is 408 g/mol. The van der Waals surface area contributed by atoms with Gasteiger partial charge in [-0.1, -0.05) is 64.7 Å². The van der Waals surface area contributed by atoms with Crippen LogP contribution in [0, 0.1) is 0 Å². The summed E-state index contributed by atoms with van der Waals surface area (Å²) in [5.74, 6) is 0.832. The van der Waals surface area contributed by atoms with Crippen LogP contribution in [-0.4, -0.2) is 22.8 Å². The second-order valence-electron chi connectivity index (χ2n) is 8.19. The number of ether oxygens (including phenoxy) is 1. The van der Waals surface area contributed by atoms with Crippen LogP contribution in [0.3, 0.4) is 0 Å². The number of hydrogen-bond donors (Lipinski definition) is 2. The molecule has 2 aromatic heterocycles. The molecule has 2 aromatic rings. The van der Waals surface area contributed by atoms with Crippen molar-refractivity contribution in [1.29, 1.82) is 0 Å². The van der Waals surface area contributed by atoms with Crippen molar-refractivity contribution in [2.75, 3.05) is 7.11 Å². The zero-order valence-electron chi connectivity index (χ0n) is 18.7. The topological polar surface area (TPSA) is 53.2 Å². The fraction of sp³-hybridized carbons (Fsp3) is 0.500. The van der Waals surface area contributed by atoms with E-state index in [4.69, 9.17) is 9.73 Å². The molecule has 0 aliphatic carbocycles. The lowest BCUT2D eigenvalue weighted by molar-refractivity contribution is 0.414. The van der Waals surface area contributed by atoms with Crippen molar-refractivity contribution in [2.24, 2.45) is 4.99 Å². The quantitative estimate of drug-likeness (QED) is 0.310. The normalized spacial score (nSPS) is 14.6. The highest BCUT2D eigenvalue weighted by molar-refractivity contribution is 5.99. The second kappa shape index (κ2) is 12.3. The molecule has 4 nitrogen and oxygen atoms in total. The monoisotopic (exact) mass is 407 g/mol. The zero-order valence-corrected chi connectivity index (χ0v) is 18.7. The number of nitrogens with one attached hydrogen (secondary N) is 2. The van der Waals surface area contributed by atoms with Gasteiger partial charge in [0.15, 0.2) is 0 Å². The van der Waals surface area contributed by atoms with Crippen LogP contribution in [0.15, 0.2) is 47.2 Å². The van der Waals surface area contributed by atoms with E-state index >= 15 is 0 Å². The molecule has 1 aliphatic rings. The van der Waals surface area contributed by atoms with Crippen LogP contribution < -0.4 is 4.74 Å². The third kappa shape index (κ3) is 6.79. The summed E-state index contributed by atoms with van der Waals surface area (Å²) >= 11 is 0. The van der Waals surface area contributed by atoms with Gasteiger partial charge in [-0.2, -0.15) is 0 Å². The van der Waals surface area contributed by atoms with Gasteiger partial charge in [-0.3, -0.25) is 4.99 Å². The standard InChI is InChI=1S/C26H37N3O/c1-3-4-5-6-7-8-9-10-11-12-14-21-16-17-22(28-21)19-25-26(30-2)20-24(29-25)23-15-13-18-27-23/h13,15-20,27,29H,3-12,14H2,1-2H3. The average Bonchev–Trinajstić information content (AvgIpc) is 3.50. The fourth-order valence-electron chi connectivity index (χ4n) is 3.95. The van der Waals surface area contributed by atoms with E-state index in [-0.39, 0.29) is 0 Å². The molecule has 2 N–H and O–H groups in total. The summed E-state index contributed by atoms with van der Waals surface area (Å²) in [4.78, 5) is 11.4. The Morgan fingerprint density at radius 2 is 1.67 bits per heavy atom. The lowest BCUT2D eigenvalue weighted by atomic mass is 10.0. The highest BCUT2D eigenvalue weighted by Gasteiger charge is 2.11. The van der Waals surface area contributed by atoms with Gasteiger partial charge >= 0.3 is 0 Å². The zero-order chi connectivity index (χ0) is 21.0. The van der Waals surface area contributed by atoms with Gasteiger partial charge in [0.05, 0.1) is 29.9 Å². The first-order valence-corrected chi connectivity index (χ1v) is 11.7. The molecule has 30 heavy (non-hydrogen) atoms. The van der Waals surface area contributed by atoms with E-state index < -0.39 is 0 Å². The van der Waals surface area contributed by atoms with Gasteiger partial charge in [0.2, 0.25) is 0 Å². The number of aromatic amines is 2. The number of allylic oxidation sites excluding steroid dienone is 2. The van der Waals surface area contributed by atoms with Crippen LogP contribution in [0.1, 0.15) is 83.2 Å². The Kier molecular flexibility index (Phi) is 9.07. The Morgan fingerprint density at radius 3 is 2.33 bits per heavy atom. The highest BCUT2D eigenvalue weighted by Crippen LogP contribution is 2.29. The summed E-state index contributed by atoms with van der Waals surface area (Å²) in [5, 5.41) is 0. The molecule has 162 valence electrons. The first-order chi connectivity index (χ1) is 14.8. The molecule has 0 amide bonds. The smallest absolute Gasteiger partial charge is 0.144 e. The summed E-state index contributed by atoms with van der Waals surface area (Å²) in [6, 6.07) is 6.05. The third-order valence-electron chi connectivity index (χ3n) is 5.72. The Hall–Kier alpha value is -2.49. The summed E-state index contributed by atoms with van der Waals surface area (Å²) in [7, 11) is 1.70. The minimum atomic E-state index is 0.832. The van der Waals surface area contributed by atoms with Crippen molar-refractivity contribution in [3.63, 3.8) is 0 Å². The minimum absolute atomic E-state index is 0.832. The van der Waals surface area contributed by atoms with Crippen LogP contribution in [0.5, 0.6) is 5.75 Å². The number of nitrogens with zero attached hydrogens (tertiary/aromatic N) is 1. The molecular weight excluding hydrogens is 370 g/mol. The lowest BCUT2D eigenvalue weighted by Gasteiger charge is -2.02. The largest absolute Gasteiger partial charge is 0.494 e. The van der Waals surface area contributed by atoms with E-state index in [1.807, 2.05) is 24.4 Å². The van der Waals surface area contributed by atoms with Crippen molar-refractivity contribution in [1.82, 2.24) is 9.97 Å². The predicted molar refractivity (Wildman–Crippen MR) is 128 cm³/mol. The molecule has 0 aromatic carbocycles. The first kappa shape index (κ1) is 22.2. The van der Waals surface area contributed by atoms with E-state index in [0.717, 1.165) is 34.9 Å². The van der Waals surface area contributed by atoms with E-state index in [9.17, 15) is 0 Å². The SMILES string of the molecule is CCCCCCCCCCCCC1=NC(=Cc2[nH]c(-c3ccc[nH]3)cc2OC)C=C1. The van der Waals surface area contributed by atoms with Crippen LogP contribution >= 0.6 is 0 Å². The van der Waals surface area contributed by atoms with Crippen LogP contribution in [-0.2, 0) is 0 Å². The number of aliphatic imine (C=N–C) groups is 1. The maximum absolute atomic E-state index is 5.54. The highest BCUT2D eigenvalue weighted by atomic mass is 16.5. The Morgan fingerprint density at radius 1 is 0.933 bits per heavy atom. The van der Waals surface area contributed by atoms with Crippen molar-refractivity contribution in [2.45, 2.75) is 77.6 Å². The number of H-pyrrole nitrogens is 2. The van der Waals surface area contributed by atoms with Crippen LogP contribution in [0.25, 0.3) is 17.5 Å². The first-order valence-electron chi connectivity index (χ1n) is 11.7. The third-order valence-corrected chi connectivity index (χ3v) is 5.72. The maximum Gasteiger partial charge on any atom is 0.144 e. The number of aromatic nitrogens is 2. The van der Waals surface area contributed by atoms with Crippen molar-refractivity contribution >= 4 is 11.8 Å². The Balaban J connectivity index is 1.41. The summed E-state index contributed by atoms with van der Waals surface area (Å²) in [5.41, 5.74) is 5.18. The van der Waals surface area contributed by atoms with E-state index in [1.165, 1.54) is 69.9 Å². The molecule has 0 atom stereocenters. The summed E-state index contributed by atoms with van der Waals surface area (Å²) < 4.78 is 5.54. The molecule has 1 aliphatic heterocycles. The van der Waals surface area contributed by atoms with Gasteiger partial charge < -0.3 is 14.7 Å². The molecule has 0 saturated carbocycles. The maximum atomic E-state index is 5.54. The van der Waals surface area contributed by atoms with E-state index in [2.05, 4.69) is 35.1 Å². The summed E-state index contributed by atoms with van der Waals surface area (Å²) in [6.07, 6.45) is 23.0. The van der Waals surface area contributed by atoms with Gasteiger partial charge in [-0.15, -0.1) is 0 Å². The van der Waals surface area contributed by atoms with Crippen molar-refractivity contribution < 1.29 is 4.74 Å². The van der Waals surface area contributed by atoms with Gasteiger partial charge in [-0.25, -0.2) is 0 Å². The number of unbranched alkanes of at least 4 members (excludes halogenated alkanes) is 9. The van der Waals surface area contributed by atoms with Crippen molar-refractivity contribution in [3.8, 4) is 17.1 Å². The van der Waals surface area contributed by atoms with Gasteiger partial charge in [0.25, 0.3) is 0 Å². The lowest BCUT2D eigenvalue weighted by Crippen LogP contribution is -1.90. The molecule has 0 unspecified atom stereocenters. The molecule has 0 fully saturated rings.